The predicted octanol–water partition coefficient (Wildman–Crippen LogP) is 4.12. The number of carbonyl (C=O) groups is 3. The molecule has 0 saturated heterocycles. The first-order valence-electron chi connectivity index (χ1n) is 9.76. The monoisotopic (exact) mass is 428 g/mol. The third-order valence-corrected chi connectivity index (χ3v) is 5.30. The molecule has 2 aromatic carbocycles. The minimum Gasteiger partial charge on any atom is -0.478 e. The molecule has 8 nitrogen and oxygen atoms in total. The van der Waals surface area contributed by atoms with E-state index in [1.54, 1.807) is 37.3 Å². The van der Waals surface area contributed by atoms with Gasteiger partial charge in [0.1, 0.15) is 18.1 Å². The number of nitrogens with zero attached hydrogens (tertiary/aromatic N) is 2. The minimum atomic E-state index is -1.04. The molecular formula is C24H16N2O6. The Bertz CT molecular complexity index is 1350. The molecular weight excluding hydrogens is 412 g/mol. The second kappa shape index (κ2) is 7.35. The number of amides is 1. The summed E-state index contributed by atoms with van der Waals surface area (Å²) in [4.78, 5) is 35.6. The van der Waals surface area contributed by atoms with Crippen molar-refractivity contribution in [1.82, 2.24) is 0 Å². The molecule has 5 rings (SSSR count). The van der Waals surface area contributed by atoms with Gasteiger partial charge in [-0.15, -0.1) is 0 Å². The van der Waals surface area contributed by atoms with Crippen LogP contribution in [0, 0.1) is 0 Å². The summed E-state index contributed by atoms with van der Waals surface area (Å²) in [5.74, 6) is -0.626. The minimum absolute atomic E-state index is 0.127. The maximum absolute atomic E-state index is 12.9. The molecule has 0 bridgehead atoms. The van der Waals surface area contributed by atoms with Crippen LogP contribution in [0.25, 0.3) is 17.4 Å². The molecule has 0 atom stereocenters. The van der Waals surface area contributed by atoms with Crippen molar-refractivity contribution >= 4 is 35.3 Å². The van der Waals surface area contributed by atoms with Gasteiger partial charge in [0, 0.05) is 11.1 Å². The van der Waals surface area contributed by atoms with Crippen LogP contribution in [0.2, 0.25) is 0 Å². The fourth-order valence-electron chi connectivity index (χ4n) is 3.62. The van der Waals surface area contributed by atoms with Crippen molar-refractivity contribution < 1.29 is 28.6 Å². The summed E-state index contributed by atoms with van der Waals surface area (Å²) in [7, 11) is 0. The molecule has 3 heterocycles. The number of carboxylic acid groups (broad SMARTS) is 1. The summed E-state index contributed by atoms with van der Waals surface area (Å²) in [5.41, 5.74) is 3.66. The molecule has 0 fully saturated rings. The lowest BCUT2D eigenvalue weighted by molar-refractivity contribution is -0.114. The van der Waals surface area contributed by atoms with Crippen molar-refractivity contribution in [3.8, 4) is 11.3 Å². The second-order valence-electron chi connectivity index (χ2n) is 7.36. The zero-order chi connectivity index (χ0) is 22.4. The Labute approximate surface area is 182 Å². The maximum atomic E-state index is 12.9. The van der Waals surface area contributed by atoms with Crippen LogP contribution in [-0.2, 0) is 16.1 Å². The summed E-state index contributed by atoms with van der Waals surface area (Å²) in [6.45, 7) is 1.96. The van der Waals surface area contributed by atoms with E-state index < -0.39 is 5.97 Å². The van der Waals surface area contributed by atoms with E-state index in [9.17, 15) is 14.4 Å². The van der Waals surface area contributed by atoms with Gasteiger partial charge in [0.2, 0.25) is 0 Å². The number of rotatable bonds is 4. The number of carbonyl (C=O) groups excluding carboxylic acids is 2. The number of furan rings is 1. The fraction of sp³-hybridized carbons (Fsp3) is 0.0833. The van der Waals surface area contributed by atoms with Crippen LogP contribution < -0.4 is 5.01 Å². The third kappa shape index (κ3) is 3.27. The van der Waals surface area contributed by atoms with E-state index in [4.69, 9.17) is 14.3 Å². The zero-order valence-corrected chi connectivity index (χ0v) is 16.9. The molecule has 2 aliphatic rings. The standard InChI is InChI=1S/C24H16N2O6/c1-13-20(22(27)26(25-13)17-5-2-14(3-6-17)23(28)29)11-18-7-9-21(32-18)15-4-8-19-16(10-15)12-31-24(19)30/h2-11H,12H2,1H3,(H,28,29). The van der Waals surface area contributed by atoms with Gasteiger partial charge in [-0.05, 0) is 61.5 Å². The van der Waals surface area contributed by atoms with Crippen molar-refractivity contribution in [1.29, 1.82) is 0 Å². The van der Waals surface area contributed by atoms with E-state index in [1.165, 1.54) is 29.3 Å². The molecule has 1 aromatic heterocycles. The summed E-state index contributed by atoms with van der Waals surface area (Å²) < 4.78 is 10.9. The van der Waals surface area contributed by atoms with E-state index in [0.29, 0.717) is 34.1 Å². The molecule has 0 saturated carbocycles. The first-order chi connectivity index (χ1) is 15.4. The van der Waals surface area contributed by atoms with Crippen molar-refractivity contribution in [3.63, 3.8) is 0 Å². The van der Waals surface area contributed by atoms with Crippen LogP contribution in [0.5, 0.6) is 0 Å². The van der Waals surface area contributed by atoms with Crippen molar-refractivity contribution in [3.05, 3.63) is 82.6 Å². The van der Waals surface area contributed by atoms with E-state index in [1.807, 2.05) is 6.07 Å². The normalized spacial score (nSPS) is 16.3. The molecule has 32 heavy (non-hydrogen) atoms. The number of aromatic carboxylic acids is 1. The number of hydrogen-bond acceptors (Lipinski definition) is 6. The van der Waals surface area contributed by atoms with Gasteiger partial charge in [-0.3, -0.25) is 4.79 Å². The Morgan fingerprint density at radius 2 is 1.88 bits per heavy atom. The number of esters is 1. The van der Waals surface area contributed by atoms with Gasteiger partial charge in [-0.2, -0.15) is 10.1 Å². The molecule has 2 aliphatic heterocycles. The highest BCUT2D eigenvalue weighted by Gasteiger charge is 2.29. The molecule has 1 N–H and O–H groups in total. The van der Waals surface area contributed by atoms with E-state index in [-0.39, 0.29) is 24.0 Å². The van der Waals surface area contributed by atoms with Crippen LogP contribution in [-0.4, -0.2) is 28.7 Å². The molecule has 8 heteroatoms. The summed E-state index contributed by atoms with van der Waals surface area (Å²) >= 11 is 0. The van der Waals surface area contributed by atoms with Crippen LogP contribution in [0.15, 0.2) is 69.7 Å². The highest BCUT2D eigenvalue weighted by Crippen LogP contribution is 2.30. The van der Waals surface area contributed by atoms with Gasteiger partial charge >= 0.3 is 11.9 Å². The average Bonchev–Trinajstić information content (AvgIpc) is 3.48. The van der Waals surface area contributed by atoms with Gasteiger partial charge in [-0.25, -0.2) is 9.59 Å². The fourth-order valence-corrected chi connectivity index (χ4v) is 3.62. The molecule has 1 amide bonds. The topological polar surface area (TPSA) is 109 Å². The van der Waals surface area contributed by atoms with E-state index >= 15 is 0 Å². The van der Waals surface area contributed by atoms with Crippen LogP contribution in [0.4, 0.5) is 5.69 Å². The zero-order valence-electron chi connectivity index (χ0n) is 16.9. The number of hydrogen-bond donors (Lipinski definition) is 1. The molecule has 3 aromatic rings. The first-order valence-corrected chi connectivity index (χ1v) is 9.76. The lowest BCUT2D eigenvalue weighted by Gasteiger charge is -2.11. The number of fused-ring (bicyclic) bond motifs is 1. The number of anilines is 1. The summed E-state index contributed by atoms with van der Waals surface area (Å²) in [5, 5.41) is 14.6. The van der Waals surface area contributed by atoms with Gasteiger partial charge in [0.05, 0.1) is 28.1 Å². The van der Waals surface area contributed by atoms with Crippen molar-refractivity contribution in [2.24, 2.45) is 5.10 Å². The third-order valence-electron chi connectivity index (χ3n) is 5.30. The highest BCUT2D eigenvalue weighted by atomic mass is 16.5. The van der Waals surface area contributed by atoms with Gasteiger partial charge < -0.3 is 14.3 Å². The van der Waals surface area contributed by atoms with Crippen molar-refractivity contribution in [2.75, 3.05) is 5.01 Å². The SMILES string of the molecule is CC1=NN(c2ccc(C(=O)O)cc2)C(=O)C1=Cc1ccc(-c2ccc3c(c2)COC3=O)o1. The number of ether oxygens (including phenoxy) is 1. The Morgan fingerprint density at radius 3 is 2.62 bits per heavy atom. The molecule has 0 spiro atoms. The van der Waals surface area contributed by atoms with Gasteiger partial charge in [0.15, 0.2) is 0 Å². The van der Waals surface area contributed by atoms with Crippen molar-refractivity contribution in [2.45, 2.75) is 13.5 Å². The first kappa shape index (κ1) is 19.5. The quantitative estimate of drug-likeness (QED) is 0.495. The smallest absolute Gasteiger partial charge is 0.338 e. The number of cyclic esters (lactones) is 1. The summed E-state index contributed by atoms with van der Waals surface area (Å²) in [6.07, 6.45) is 1.62. The Kier molecular flexibility index (Phi) is 4.48. The number of carboxylic acids is 1. The maximum Gasteiger partial charge on any atom is 0.338 e. The lowest BCUT2D eigenvalue weighted by atomic mass is 10.0. The molecule has 0 radical (unpaired) electrons. The summed E-state index contributed by atoms with van der Waals surface area (Å²) in [6, 6.07) is 14.8. The van der Waals surface area contributed by atoms with E-state index in [0.717, 1.165) is 11.1 Å². The van der Waals surface area contributed by atoms with Crippen LogP contribution in [0.3, 0.4) is 0 Å². The second-order valence-corrected chi connectivity index (χ2v) is 7.36. The van der Waals surface area contributed by atoms with Gasteiger partial charge in [-0.1, -0.05) is 6.07 Å². The highest BCUT2D eigenvalue weighted by molar-refractivity contribution is 6.32. The number of hydrazone groups is 1. The van der Waals surface area contributed by atoms with Crippen LogP contribution in [0.1, 0.15) is 39.0 Å². The number of benzene rings is 2. The van der Waals surface area contributed by atoms with E-state index in [2.05, 4.69) is 5.10 Å². The lowest BCUT2D eigenvalue weighted by Crippen LogP contribution is -2.21. The molecule has 158 valence electrons. The Balaban J connectivity index is 1.40. The predicted molar refractivity (Wildman–Crippen MR) is 115 cm³/mol. The largest absolute Gasteiger partial charge is 0.478 e. The molecule has 0 aliphatic carbocycles. The van der Waals surface area contributed by atoms with Crippen LogP contribution >= 0.6 is 0 Å². The Hall–Kier alpha value is -4.46. The molecule has 0 unspecified atom stereocenters. The Morgan fingerprint density at radius 1 is 1.09 bits per heavy atom. The van der Waals surface area contributed by atoms with Gasteiger partial charge in [0.25, 0.3) is 5.91 Å². The average molecular weight is 428 g/mol.